The van der Waals surface area contributed by atoms with Gasteiger partial charge in [0.25, 0.3) is 0 Å². The Balaban J connectivity index is 0.000001000. The number of carbonyl (C=O) groups is 1. The molecule has 2 N–H and O–H groups in total. The van der Waals surface area contributed by atoms with E-state index < -0.39 is 6.09 Å². The van der Waals surface area contributed by atoms with Crippen molar-refractivity contribution in [2.75, 3.05) is 0 Å². The minimum absolute atomic E-state index is 0. The van der Waals surface area contributed by atoms with Crippen molar-refractivity contribution in [1.29, 1.82) is 0 Å². The second-order valence-electron chi connectivity index (χ2n) is 2.78. The van der Waals surface area contributed by atoms with Crippen molar-refractivity contribution in [3.63, 3.8) is 0 Å². The number of halogens is 1. The van der Waals surface area contributed by atoms with Gasteiger partial charge in [0.2, 0.25) is 0 Å². The fourth-order valence-electron chi connectivity index (χ4n) is 1.42. The van der Waals surface area contributed by atoms with E-state index in [1.807, 2.05) is 0 Å². The second-order valence-corrected chi connectivity index (χ2v) is 2.78. The van der Waals surface area contributed by atoms with Crippen LogP contribution in [0.3, 0.4) is 0 Å². The fourth-order valence-corrected chi connectivity index (χ4v) is 1.42. The number of nitrogens with one attached hydrogen (secondary N) is 1. The van der Waals surface area contributed by atoms with Crippen molar-refractivity contribution in [1.82, 2.24) is 5.32 Å². The highest BCUT2D eigenvalue weighted by Gasteiger charge is 2.14. The molecule has 1 fully saturated rings. The van der Waals surface area contributed by atoms with E-state index in [2.05, 4.69) is 5.32 Å². The lowest BCUT2D eigenvalue weighted by molar-refractivity contribution is 0.186. The maximum atomic E-state index is 10.2. The first-order valence-electron chi connectivity index (χ1n) is 3.78. The van der Waals surface area contributed by atoms with Gasteiger partial charge in [0.15, 0.2) is 0 Å². The molecule has 4 heteroatoms. The van der Waals surface area contributed by atoms with Crippen molar-refractivity contribution >= 4 is 18.5 Å². The van der Waals surface area contributed by atoms with Gasteiger partial charge in [0.05, 0.1) is 0 Å². The zero-order valence-electron chi connectivity index (χ0n) is 6.38. The van der Waals surface area contributed by atoms with Gasteiger partial charge in [-0.25, -0.2) is 4.79 Å². The molecule has 0 atom stereocenters. The van der Waals surface area contributed by atoms with Gasteiger partial charge in [-0.1, -0.05) is 19.3 Å². The van der Waals surface area contributed by atoms with Gasteiger partial charge in [-0.15, -0.1) is 12.4 Å². The normalized spacial score (nSPS) is 18.5. The van der Waals surface area contributed by atoms with E-state index in [1.165, 1.54) is 19.3 Å². The van der Waals surface area contributed by atoms with Crippen LogP contribution in [0.5, 0.6) is 0 Å². The van der Waals surface area contributed by atoms with Gasteiger partial charge in [-0.3, -0.25) is 0 Å². The molecule has 1 amide bonds. The van der Waals surface area contributed by atoms with Crippen LogP contribution in [0.4, 0.5) is 4.79 Å². The van der Waals surface area contributed by atoms with Crippen LogP contribution in [0.25, 0.3) is 0 Å². The summed E-state index contributed by atoms with van der Waals surface area (Å²) in [5.41, 5.74) is 0. The van der Waals surface area contributed by atoms with Crippen LogP contribution in [-0.4, -0.2) is 17.2 Å². The van der Waals surface area contributed by atoms with E-state index in [1.54, 1.807) is 0 Å². The Kier molecular flexibility index (Phi) is 5.03. The molecule has 0 spiro atoms. The van der Waals surface area contributed by atoms with Gasteiger partial charge in [-0.2, -0.15) is 0 Å². The predicted molar refractivity (Wildman–Crippen MR) is 45.3 cm³/mol. The lowest BCUT2D eigenvalue weighted by Crippen LogP contribution is -2.34. The Labute approximate surface area is 72.6 Å². The molecule has 0 bridgehead atoms. The Morgan fingerprint density at radius 3 is 2.27 bits per heavy atom. The average Bonchev–Trinajstić information content (AvgIpc) is 1.88. The van der Waals surface area contributed by atoms with Crippen LogP contribution in [0, 0.1) is 0 Å². The molecule has 66 valence electrons. The average molecular weight is 180 g/mol. The van der Waals surface area contributed by atoms with E-state index in [-0.39, 0.29) is 18.4 Å². The minimum atomic E-state index is -0.882. The van der Waals surface area contributed by atoms with Crippen molar-refractivity contribution in [3.05, 3.63) is 0 Å². The Morgan fingerprint density at radius 1 is 1.27 bits per heavy atom. The first-order chi connectivity index (χ1) is 4.79. The highest BCUT2D eigenvalue weighted by atomic mass is 35.5. The minimum Gasteiger partial charge on any atom is -0.465 e. The van der Waals surface area contributed by atoms with E-state index >= 15 is 0 Å². The van der Waals surface area contributed by atoms with Crippen molar-refractivity contribution in [2.45, 2.75) is 38.1 Å². The largest absolute Gasteiger partial charge is 0.465 e. The third-order valence-corrected chi connectivity index (χ3v) is 1.93. The number of hydrogen-bond acceptors (Lipinski definition) is 1. The molecule has 0 saturated heterocycles. The molecule has 11 heavy (non-hydrogen) atoms. The molecular weight excluding hydrogens is 166 g/mol. The molecule has 0 aromatic carbocycles. The monoisotopic (exact) mass is 179 g/mol. The van der Waals surface area contributed by atoms with Crippen LogP contribution < -0.4 is 5.32 Å². The van der Waals surface area contributed by atoms with Gasteiger partial charge in [-0.05, 0) is 12.8 Å². The van der Waals surface area contributed by atoms with E-state index in [0.717, 1.165) is 12.8 Å². The first kappa shape index (κ1) is 10.6. The van der Waals surface area contributed by atoms with Crippen LogP contribution in [0.15, 0.2) is 0 Å². The summed E-state index contributed by atoms with van der Waals surface area (Å²) < 4.78 is 0. The lowest BCUT2D eigenvalue weighted by atomic mass is 9.96. The fraction of sp³-hybridized carbons (Fsp3) is 0.857. The summed E-state index contributed by atoms with van der Waals surface area (Å²) in [6, 6.07) is 0.228. The lowest BCUT2D eigenvalue weighted by Gasteiger charge is -2.20. The zero-order chi connectivity index (χ0) is 7.40. The second kappa shape index (κ2) is 5.24. The van der Waals surface area contributed by atoms with Gasteiger partial charge >= 0.3 is 6.09 Å². The van der Waals surface area contributed by atoms with Crippen LogP contribution in [-0.2, 0) is 0 Å². The maximum Gasteiger partial charge on any atom is 0.404 e. The van der Waals surface area contributed by atoms with Crippen molar-refractivity contribution < 1.29 is 9.90 Å². The summed E-state index contributed by atoms with van der Waals surface area (Å²) in [5.74, 6) is 0. The summed E-state index contributed by atoms with van der Waals surface area (Å²) in [7, 11) is 0. The molecule has 1 aliphatic rings. The molecular formula is C7H14ClNO2. The van der Waals surface area contributed by atoms with E-state index in [9.17, 15) is 4.79 Å². The van der Waals surface area contributed by atoms with Gasteiger partial charge in [0, 0.05) is 6.04 Å². The number of hydrogen-bond donors (Lipinski definition) is 2. The van der Waals surface area contributed by atoms with Crippen molar-refractivity contribution in [3.8, 4) is 0 Å². The highest BCUT2D eigenvalue weighted by Crippen LogP contribution is 2.16. The van der Waals surface area contributed by atoms with Gasteiger partial charge in [0.1, 0.15) is 0 Å². The number of carboxylic acid groups (broad SMARTS) is 1. The molecule has 1 rings (SSSR count). The van der Waals surface area contributed by atoms with E-state index in [4.69, 9.17) is 5.11 Å². The first-order valence-corrected chi connectivity index (χ1v) is 3.78. The van der Waals surface area contributed by atoms with Crippen LogP contribution in [0.2, 0.25) is 0 Å². The molecule has 0 aromatic heterocycles. The predicted octanol–water partition coefficient (Wildman–Crippen LogP) is 2.01. The molecule has 0 aromatic rings. The summed E-state index contributed by atoms with van der Waals surface area (Å²) in [6.07, 6.45) is 4.76. The molecule has 1 saturated carbocycles. The third-order valence-electron chi connectivity index (χ3n) is 1.93. The zero-order valence-corrected chi connectivity index (χ0v) is 7.19. The molecule has 3 nitrogen and oxygen atoms in total. The number of rotatable bonds is 1. The van der Waals surface area contributed by atoms with Crippen LogP contribution in [0.1, 0.15) is 32.1 Å². The summed E-state index contributed by atoms with van der Waals surface area (Å²) >= 11 is 0. The van der Waals surface area contributed by atoms with Gasteiger partial charge < -0.3 is 10.4 Å². The van der Waals surface area contributed by atoms with Crippen LogP contribution >= 0.6 is 12.4 Å². The highest BCUT2D eigenvalue weighted by molar-refractivity contribution is 5.85. The number of amides is 1. The third kappa shape index (κ3) is 4.09. The quantitative estimate of drug-likeness (QED) is 0.647. The Hall–Kier alpha value is -0.440. The Morgan fingerprint density at radius 2 is 1.82 bits per heavy atom. The molecule has 0 unspecified atom stereocenters. The van der Waals surface area contributed by atoms with Crippen molar-refractivity contribution in [2.24, 2.45) is 0 Å². The van der Waals surface area contributed by atoms with E-state index in [0.29, 0.717) is 0 Å². The molecule has 0 aliphatic heterocycles. The molecule has 1 aliphatic carbocycles. The summed E-state index contributed by atoms with van der Waals surface area (Å²) in [5, 5.41) is 10.9. The molecule has 0 radical (unpaired) electrons. The maximum absolute atomic E-state index is 10.2. The summed E-state index contributed by atoms with van der Waals surface area (Å²) in [6.45, 7) is 0. The SMILES string of the molecule is Cl.O=C(O)NC1CCCCC1. The summed E-state index contributed by atoms with van der Waals surface area (Å²) in [4.78, 5) is 10.2. The Bertz CT molecular complexity index is 124. The standard InChI is InChI=1S/C7H13NO2.ClH/c9-7(10)8-6-4-2-1-3-5-6;/h6,8H,1-5H2,(H,9,10);1H. The smallest absolute Gasteiger partial charge is 0.404 e. The molecule has 0 heterocycles. The topological polar surface area (TPSA) is 49.3 Å².